The number of hydrogen-bond donors (Lipinski definition) is 3. The fourth-order valence-corrected chi connectivity index (χ4v) is 3.10. The van der Waals surface area contributed by atoms with E-state index in [1.165, 1.54) is 19.4 Å². The molecule has 0 saturated carbocycles. The van der Waals surface area contributed by atoms with Crippen LogP contribution in [0.2, 0.25) is 5.02 Å². The van der Waals surface area contributed by atoms with Crippen LogP contribution in [0.25, 0.3) is 0 Å². The molecule has 1 atom stereocenters. The van der Waals surface area contributed by atoms with Crippen LogP contribution in [-0.4, -0.2) is 36.3 Å². The minimum Gasteiger partial charge on any atom is -0.503 e. The number of benzene rings is 2. The number of halogens is 2. The molecular formula is C20H21BrClN3O4. The Hall–Kier alpha value is -2.58. The van der Waals surface area contributed by atoms with E-state index in [0.29, 0.717) is 20.6 Å². The van der Waals surface area contributed by atoms with Crippen LogP contribution in [0.4, 0.5) is 0 Å². The molecule has 0 aliphatic rings. The fraction of sp³-hybridized carbons (Fsp3) is 0.250. The van der Waals surface area contributed by atoms with Gasteiger partial charge in [-0.15, -0.1) is 0 Å². The standard InChI is InChI=1S/C20H21BrClN3O4/c1-11(2)17(24-19(27)13-5-4-6-14(22)9-13)20(28)25-23-10-12-7-15(21)18(26)16(8-12)29-3/h4-11,17,26H,1-3H3,(H,24,27)(H,25,28). The number of rotatable bonds is 7. The van der Waals surface area contributed by atoms with Crippen LogP contribution < -0.4 is 15.5 Å². The summed E-state index contributed by atoms with van der Waals surface area (Å²) in [6, 6.07) is 8.86. The van der Waals surface area contributed by atoms with Gasteiger partial charge in [0.25, 0.3) is 11.8 Å². The third-order valence-corrected chi connectivity index (χ3v) is 4.82. The number of phenols is 1. The Bertz CT molecular complexity index is 934. The molecule has 154 valence electrons. The Kier molecular flexibility index (Phi) is 8.04. The molecule has 2 rings (SSSR count). The second kappa shape index (κ2) is 10.3. The van der Waals surface area contributed by atoms with E-state index in [2.05, 4.69) is 31.8 Å². The minimum absolute atomic E-state index is 0.0303. The van der Waals surface area contributed by atoms with Crippen molar-refractivity contribution in [2.45, 2.75) is 19.9 Å². The molecular weight excluding hydrogens is 462 g/mol. The first-order chi connectivity index (χ1) is 13.7. The highest BCUT2D eigenvalue weighted by Gasteiger charge is 2.24. The van der Waals surface area contributed by atoms with Crippen molar-refractivity contribution in [3.63, 3.8) is 0 Å². The minimum atomic E-state index is -0.792. The van der Waals surface area contributed by atoms with Crippen molar-refractivity contribution in [2.24, 2.45) is 11.0 Å². The smallest absolute Gasteiger partial charge is 0.262 e. The molecule has 7 nitrogen and oxygen atoms in total. The number of ether oxygens (including phenoxy) is 1. The van der Waals surface area contributed by atoms with E-state index in [9.17, 15) is 14.7 Å². The summed E-state index contributed by atoms with van der Waals surface area (Å²) in [5, 5.41) is 16.9. The molecule has 2 amide bonds. The molecule has 9 heteroatoms. The van der Waals surface area contributed by atoms with Gasteiger partial charge in [-0.2, -0.15) is 5.10 Å². The quantitative estimate of drug-likeness (QED) is 0.414. The Morgan fingerprint density at radius 1 is 1.28 bits per heavy atom. The molecule has 0 spiro atoms. The maximum absolute atomic E-state index is 12.5. The summed E-state index contributed by atoms with van der Waals surface area (Å²) in [6.45, 7) is 3.63. The second-order valence-electron chi connectivity index (χ2n) is 6.49. The van der Waals surface area contributed by atoms with Crippen molar-refractivity contribution in [1.82, 2.24) is 10.7 Å². The molecule has 2 aromatic carbocycles. The first-order valence-corrected chi connectivity index (χ1v) is 9.86. The van der Waals surface area contributed by atoms with E-state index in [-0.39, 0.29) is 17.4 Å². The van der Waals surface area contributed by atoms with Crippen LogP contribution in [-0.2, 0) is 4.79 Å². The lowest BCUT2D eigenvalue weighted by molar-refractivity contribution is -0.123. The lowest BCUT2D eigenvalue weighted by Gasteiger charge is -2.20. The summed E-state index contributed by atoms with van der Waals surface area (Å²) in [7, 11) is 1.43. The highest BCUT2D eigenvalue weighted by atomic mass is 79.9. The lowest BCUT2D eigenvalue weighted by Crippen LogP contribution is -2.48. The number of hydrazone groups is 1. The summed E-state index contributed by atoms with van der Waals surface area (Å²) in [5.74, 6) is -0.802. The van der Waals surface area contributed by atoms with Gasteiger partial charge in [-0.25, -0.2) is 5.43 Å². The number of hydrogen-bond acceptors (Lipinski definition) is 5. The van der Waals surface area contributed by atoms with Gasteiger partial charge in [-0.05, 0) is 57.7 Å². The topological polar surface area (TPSA) is 100 Å². The van der Waals surface area contributed by atoms with Gasteiger partial charge in [-0.3, -0.25) is 9.59 Å². The van der Waals surface area contributed by atoms with Gasteiger partial charge in [-0.1, -0.05) is 31.5 Å². The van der Waals surface area contributed by atoms with Gasteiger partial charge in [0, 0.05) is 10.6 Å². The van der Waals surface area contributed by atoms with Crippen molar-refractivity contribution in [3.8, 4) is 11.5 Å². The SMILES string of the molecule is COc1cc(C=NNC(=O)C(NC(=O)c2cccc(Cl)c2)C(C)C)cc(Br)c1O. The third kappa shape index (κ3) is 6.20. The molecule has 2 aromatic rings. The van der Waals surface area contributed by atoms with Crippen LogP contribution in [0.15, 0.2) is 46.0 Å². The largest absolute Gasteiger partial charge is 0.503 e. The molecule has 0 bridgehead atoms. The summed E-state index contributed by atoms with van der Waals surface area (Å²) in [5.41, 5.74) is 3.38. The first-order valence-electron chi connectivity index (χ1n) is 8.68. The lowest BCUT2D eigenvalue weighted by atomic mass is 10.0. The average Bonchev–Trinajstić information content (AvgIpc) is 2.68. The molecule has 0 heterocycles. The molecule has 1 unspecified atom stereocenters. The van der Waals surface area contributed by atoms with Crippen LogP contribution in [0.1, 0.15) is 29.8 Å². The Labute approximate surface area is 182 Å². The van der Waals surface area contributed by atoms with Crippen molar-refractivity contribution in [2.75, 3.05) is 7.11 Å². The van der Waals surface area contributed by atoms with Gasteiger partial charge in [0.2, 0.25) is 0 Å². The molecule has 0 radical (unpaired) electrons. The van der Waals surface area contributed by atoms with Gasteiger partial charge in [0.1, 0.15) is 6.04 Å². The first kappa shape index (κ1) is 22.7. The number of nitrogens with one attached hydrogen (secondary N) is 2. The molecule has 3 N–H and O–H groups in total. The van der Waals surface area contributed by atoms with Crippen LogP contribution in [0.3, 0.4) is 0 Å². The van der Waals surface area contributed by atoms with E-state index in [0.717, 1.165) is 0 Å². The number of phenolic OH excluding ortho intramolecular Hbond substituents is 1. The predicted octanol–water partition coefficient (Wildman–Crippen LogP) is 3.72. The monoisotopic (exact) mass is 481 g/mol. The summed E-state index contributed by atoms with van der Waals surface area (Å²) in [4.78, 5) is 24.9. The van der Waals surface area contributed by atoms with Crippen LogP contribution in [0, 0.1) is 5.92 Å². The predicted molar refractivity (Wildman–Crippen MR) is 116 cm³/mol. The van der Waals surface area contributed by atoms with Crippen LogP contribution >= 0.6 is 27.5 Å². The van der Waals surface area contributed by atoms with E-state index in [1.54, 1.807) is 30.3 Å². The summed E-state index contributed by atoms with van der Waals surface area (Å²) >= 11 is 9.13. The van der Waals surface area contributed by atoms with Gasteiger partial charge < -0.3 is 15.2 Å². The van der Waals surface area contributed by atoms with Crippen LogP contribution in [0.5, 0.6) is 11.5 Å². The maximum Gasteiger partial charge on any atom is 0.262 e. The van der Waals surface area contributed by atoms with Crippen molar-refractivity contribution in [3.05, 3.63) is 57.0 Å². The molecule has 0 aliphatic carbocycles. The zero-order valence-electron chi connectivity index (χ0n) is 16.1. The zero-order chi connectivity index (χ0) is 21.6. The summed E-state index contributed by atoms with van der Waals surface area (Å²) < 4.78 is 5.50. The fourth-order valence-electron chi connectivity index (χ4n) is 2.45. The van der Waals surface area contributed by atoms with Crippen molar-refractivity contribution >= 4 is 45.6 Å². The molecule has 29 heavy (non-hydrogen) atoms. The van der Waals surface area contributed by atoms with E-state index in [1.807, 2.05) is 13.8 Å². The van der Waals surface area contributed by atoms with Crippen molar-refractivity contribution in [1.29, 1.82) is 0 Å². The van der Waals surface area contributed by atoms with E-state index >= 15 is 0 Å². The number of nitrogens with zero attached hydrogens (tertiary/aromatic N) is 1. The molecule has 0 saturated heterocycles. The molecule has 0 fully saturated rings. The van der Waals surface area contributed by atoms with Crippen molar-refractivity contribution < 1.29 is 19.4 Å². The Morgan fingerprint density at radius 2 is 2.00 bits per heavy atom. The number of carbonyl (C=O) groups excluding carboxylic acids is 2. The highest BCUT2D eigenvalue weighted by molar-refractivity contribution is 9.10. The Balaban J connectivity index is 2.07. The molecule has 0 aromatic heterocycles. The summed E-state index contributed by atoms with van der Waals surface area (Å²) in [6.07, 6.45) is 1.40. The number of methoxy groups -OCH3 is 1. The zero-order valence-corrected chi connectivity index (χ0v) is 18.4. The number of amides is 2. The average molecular weight is 483 g/mol. The van der Waals surface area contributed by atoms with Gasteiger partial charge in [0.15, 0.2) is 11.5 Å². The number of aromatic hydroxyl groups is 1. The third-order valence-electron chi connectivity index (χ3n) is 3.98. The number of carbonyl (C=O) groups is 2. The highest BCUT2D eigenvalue weighted by Crippen LogP contribution is 2.34. The second-order valence-corrected chi connectivity index (χ2v) is 7.78. The Morgan fingerprint density at radius 3 is 2.62 bits per heavy atom. The van der Waals surface area contributed by atoms with Gasteiger partial charge >= 0.3 is 0 Å². The van der Waals surface area contributed by atoms with Gasteiger partial charge in [0.05, 0.1) is 17.8 Å². The normalized spacial score (nSPS) is 12.1. The maximum atomic E-state index is 12.5. The van der Waals surface area contributed by atoms with E-state index < -0.39 is 17.9 Å². The van der Waals surface area contributed by atoms with E-state index in [4.69, 9.17) is 16.3 Å². The molecule has 0 aliphatic heterocycles.